The van der Waals surface area contributed by atoms with Crippen LogP contribution in [0.5, 0.6) is 0 Å². The molecule has 1 aliphatic rings. The Labute approximate surface area is 301 Å². The summed E-state index contributed by atoms with van der Waals surface area (Å²) in [5.41, 5.74) is 0.911. The average molecular weight is 776 g/mol. The first-order chi connectivity index (χ1) is 23.7. The fourth-order valence-corrected chi connectivity index (χ4v) is 6.74. The number of aromatic nitrogens is 2. The van der Waals surface area contributed by atoms with Gasteiger partial charge < -0.3 is 14.9 Å². The molecule has 2 aromatic heterocycles. The molecule has 2 N–H and O–H groups in total. The number of nitrogens with zero attached hydrogens (tertiary/aromatic N) is 3. The second kappa shape index (κ2) is 15.1. The number of anilines is 1. The van der Waals surface area contributed by atoms with Crippen molar-refractivity contribution in [2.24, 2.45) is 17.3 Å². The summed E-state index contributed by atoms with van der Waals surface area (Å²) >= 11 is 11.5. The summed E-state index contributed by atoms with van der Waals surface area (Å²) < 4.78 is 99.5. The third-order valence-corrected chi connectivity index (χ3v) is 9.69. The van der Waals surface area contributed by atoms with Crippen LogP contribution in [0.2, 0.25) is 10.0 Å². The van der Waals surface area contributed by atoms with Crippen molar-refractivity contribution in [2.45, 2.75) is 57.3 Å². The van der Waals surface area contributed by atoms with Gasteiger partial charge in [-0.05, 0) is 48.9 Å². The molecule has 272 valence electrons. The van der Waals surface area contributed by atoms with Crippen molar-refractivity contribution in [2.75, 3.05) is 5.73 Å². The second-order valence-electron chi connectivity index (χ2n) is 12.3. The van der Waals surface area contributed by atoms with Gasteiger partial charge in [-0.2, -0.15) is 36.7 Å². The minimum absolute atomic E-state index is 0.0107. The van der Waals surface area contributed by atoms with E-state index in [-0.39, 0.29) is 29.8 Å². The van der Waals surface area contributed by atoms with E-state index in [0.717, 1.165) is 17.7 Å². The van der Waals surface area contributed by atoms with Gasteiger partial charge in [0.05, 0.1) is 27.8 Å². The van der Waals surface area contributed by atoms with Gasteiger partial charge in [-0.3, -0.25) is 4.79 Å². The fourth-order valence-electron chi connectivity index (χ4n) is 5.32. The van der Waals surface area contributed by atoms with Crippen molar-refractivity contribution in [3.63, 3.8) is 0 Å². The lowest BCUT2D eigenvalue weighted by Gasteiger charge is -2.13. The van der Waals surface area contributed by atoms with Gasteiger partial charge in [-0.15, -0.1) is 0 Å². The molecule has 17 heteroatoms. The number of furan rings is 1. The highest BCUT2D eigenvalue weighted by atomic mass is 35.5. The van der Waals surface area contributed by atoms with Crippen LogP contribution in [0.1, 0.15) is 55.8 Å². The Balaban J connectivity index is 0.000000229. The lowest BCUT2D eigenvalue weighted by Crippen LogP contribution is -2.18. The molecule has 3 atom stereocenters. The first kappa shape index (κ1) is 39.5. The molecular formula is C34H30Cl2F6N4O4S. The number of hydrogen-bond donors (Lipinski definition) is 1. The summed E-state index contributed by atoms with van der Waals surface area (Å²) in [5.74, 6) is 0.103. The zero-order valence-corrected chi connectivity index (χ0v) is 29.7. The number of nitrogens with two attached hydrogens (primary N) is 1. The number of ether oxygens (including phenoxy) is 1. The van der Waals surface area contributed by atoms with Crippen LogP contribution in [0.3, 0.4) is 0 Å². The van der Waals surface area contributed by atoms with Crippen molar-refractivity contribution in [3.8, 4) is 11.8 Å². The largest absolute Gasteiger partial charge is 0.476 e. The molecule has 8 nitrogen and oxygen atoms in total. The number of benzene rings is 2. The van der Waals surface area contributed by atoms with Crippen LogP contribution in [-0.4, -0.2) is 25.5 Å². The number of allylic oxidation sites excluding steroid dienone is 2. The number of nitriles is 1. The standard InChI is InChI=1S/C22H26O3.C12H4Cl2F6N4OS/c1-15(2)10-19-20(22(19,3)4)21(23)25-14-17-12-18(24-13-17)11-16-8-6-5-7-9-16;13-5-1-4(11(15,16)17)2-6(14)8(5)24-10(22)9(7(3-21)23-24)26(25)12(18,19)20/h5-10,12-13,19-20H,11,14H2,1-4H3;1-2H,22H2. The highest BCUT2D eigenvalue weighted by Gasteiger charge is 2.61. The van der Waals surface area contributed by atoms with E-state index in [0.29, 0.717) is 16.8 Å². The second-order valence-corrected chi connectivity index (χ2v) is 14.6. The molecule has 3 unspecified atom stereocenters. The van der Waals surface area contributed by atoms with Crippen LogP contribution in [0.15, 0.2) is 75.8 Å². The number of rotatable bonds is 8. The third-order valence-electron chi connectivity index (χ3n) is 7.92. The summed E-state index contributed by atoms with van der Waals surface area (Å²) in [7, 11) is -3.71. The maximum Gasteiger partial charge on any atom is 0.476 e. The van der Waals surface area contributed by atoms with Gasteiger partial charge in [0.25, 0.3) is 0 Å². The third kappa shape index (κ3) is 9.16. The molecule has 1 saturated carbocycles. The van der Waals surface area contributed by atoms with Crippen molar-refractivity contribution in [1.29, 1.82) is 5.26 Å². The molecule has 0 radical (unpaired) electrons. The predicted octanol–water partition coefficient (Wildman–Crippen LogP) is 9.43. The van der Waals surface area contributed by atoms with E-state index in [1.54, 1.807) is 6.26 Å². The molecule has 0 amide bonds. The molecular weight excluding hydrogens is 745 g/mol. The van der Waals surface area contributed by atoms with Crippen LogP contribution >= 0.6 is 23.2 Å². The monoisotopic (exact) mass is 774 g/mol. The van der Waals surface area contributed by atoms with Gasteiger partial charge in [-0.1, -0.05) is 79.0 Å². The van der Waals surface area contributed by atoms with Gasteiger partial charge in [-0.25, -0.2) is 8.89 Å². The Bertz CT molecular complexity index is 1990. The Morgan fingerprint density at radius 3 is 2.24 bits per heavy atom. The minimum atomic E-state index is -5.25. The lowest BCUT2D eigenvalue weighted by atomic mass is 10.1. The molecule has 51 heavy (non-hydrogen) atoms. The van der Waals surface area contributed by atoms with E-state index in [2.05, 4.69) is 51.0 Å². The molecule has 2 heterocycles. The first-order valence-electron chi connectivity index (χ1n) is 14.9. The molecule has 1 aliphatic carbocycles. The Morgan fingerprint density at radius 2 is 1.71 bits per heavy atom. The molecule has 0 aliphatic heterocycles. The number of alkyl halides is 6. The summed E-state index contributed by atoms with van der Waals surface area (Å²) in [5, 5.41) is 11.1. The smallest absolute Gasteiger partial charge is 0.469 e. The quantitative estimate of drug-likeness (QED) is 0.107. The van der Waals surface area contributed by atoms with Crippen LogP contribution in [-0.2, 0) is 39.5 Å². The number of carbonyl (C=O) groups excluding carboxylic acids is 1. The van der Waals surface area contributed by atoms with E-state index < -0.39 is 60.2 Å². The Kier molecular flexibility index (Phi) is 11.7. The maximum absolute atomic E-state index is 12.7. The van der Waals surface area contributed by atoms with Crippen LogP contribution in [0.25, 0.3) is 5.69 Å². The van der Waals surface area contributed by atoms with Gasteiger partial charge in [0.2, 0.25) is 0 Å². The van der Waals surface area contributed by atoms with E-state index in [1.165, 1.54) is 17.2 Å². The maximum atomic E-state index is 12.7. The van der Waals surface area contributed by atoms with Crippen molar-refractivity contribution >= 4 is 45.8 Å². The Hall–Kier alpha value is -4.26. The molecule has 0 bridgehead atoms. The van der Waals surface area contributed by atoms with Crippen molar-refractivity contribution in [1.82, 2.24) is 9.78 Å². The predicted molar refractivity (Wildman–Crippen MR) is 178 cm³/mol. The summed E-state index contributed by atoms with van der Waals surface area (Å²) in [6.45, 7) is 8.65. The van der Waals surface area contributed by atoms with E-state index in [9.17, 15) is 35.3 Å². The van der Waals surface area contributed by atoms with Crippen LogP contribution in [0, 0.1) is 28.6 Å². The van der Waals surface area contributed by atoms with E-state index in [1.807, 2.05) is 24.3 Å². The minimum Gasteiger partial charge on any atom is -0.469 e. The van der Waals surface area contributed by atoms with Crippen LogP contribution < -0.4 is 5.73 Å². The normalized spacial score (nSPS) is 17.1. The molecule has 0 spiro atoms. The Morgan fingerprint density at radius 1 is 1.10 bits per heavy atom. The van der Waals surface area contributed by atoms with Gasteiger partial charge in [0.15, 0.2) is 16.5 Å². The van der Waals surface area contributed by atoms with E-state index in [4.69, 9.17) is 43.4 Å². The van der Waals surface area contributed by atoms with Gasteiger partial charge in [0, 0.05) is 12.0 Å². The topological polar surface area (TPSA) is 124 Å². The number of halogens is 8. The highest BCUT2D eigenvalue weighted by molar-refractivity contribution is 7.86. The molecule has 0 saturated heterocycles. The van der Waals surface area contributed by atoms with Crippen molar-refractivity contribution in [3.05, 3.63) is 105 Å². The molecule has 1 fully saturated rings. The van der Waals surface area contributed by atoms with Crippen LogP contribution in [0.4, 0.5) is 32.2 Å². The van der Waals surface area contributed by atoms with Gasteiger partial charge in [0.1, 0.15) is 34.8 Å². The lowest BCUT2D eigenvalue weighted by molar-refractivity contribution is -0.147. The number of nitrogen functional groups attached to an aromatic ring is 1. The van der Waals surface area contributed by atoms with E-state index >= 15 is 0 Å². The van der Waals surface area contributed by atoms with Gasteiger partial charge >= 0.3 is 17.7 Å². The number of carbonyl (C=O) groups is 1. The molecule has 4 aromatic rings. The number of esters is 1. The summed E-state index contributed by atoms with van der Waals surface area (Å²) in [6.07, 6.45) is -0.186. The zero-order valence-electron chi connectivity index (χ0n) is 27.3. The molecule has 2 aromatic carbocycles. The SMILES string of the molecule is CC(C)=CC1C(C(=O)OCc2coc(Cc3ccccc3)c2)C1(C)C.N#Cc1nn(-c2c(Cl)cc(C(F)(F)F)cc2Cl)c(N)c1S(=O)C(F)(F)F. The number of hydrogen-bond acceptors (Lipinski definition) is 7. The summed E-state index contributed by atoms with van der Waals surface area (Å²) in [6, 6.07) is 14.3. The average Bonchev–Trinajstić information content (AvgIpc) is 3.30. The highest BCUT2D eigenvalue weighted by Crippen LogP contribution is 2.60. The molecule has 5 rings (SSSR count). The zero-order chi connectivity index (χ0) is 38.1. The van der Waals surface area contributed by atoms with Crippen molar-refractivity contribution < 1.29 is 44.5 Å². The summed E-state index contributed by atoms with van der Waals surface area (Å²) in [4.78, 5) is 11.3. The fraction of sp³-hybridized carbons (Fsp3) is 0.324. The first-order valence-corrected chi connectivity index (χ1v) is 16.8.